The lowest BCUT2D eigenvalue weighted by atomic mass is 10.1. The van der Waals surface area contributed by atoms with Gasteiger partial charge in [-0.3, -0.25) is 4.79 Å². The Kier molecular flexibility index (Phi) is 6.94. The molecule has 0 radical (unpaired) electrons. The van der Waals surface area contributed by atoms with E-state index in [0.29, 0.717) is 27.3 Å². The molecule has 0 aromatic heterocycles. The number of hydrogen-bond donors (Lipinski definition) is 2. The standard InChI is InChI=1S/C21H20Cl2N2O2S/c1-3-9-27-19-16(22)10-14(11-17(19)23)12-18-20(26)25-21(28-18)24-15-7-5-13(4-2)6-8-15/h3,5-8,10-12,21,24H,1,4,9H2,2H3,(H,25,26)/b18-12-/t21-/m1/s1. The molecular formula is C21H20Cl2N2O2S. The third-order valence-electron chi connectivity index (χ3n) is 4.05. The summed E-state index contributed by atoms with van der Waals surface area (Å²) in [4.78, 5) is 12.9. The van der Waals surface area contributed by atoms with Gasteiger partial charge in [0.1, 0.15) is 6.61 Å². The number of carbonyl (C=O) groups excluding carboxylic acids is 1. The van der Waals surface area contributed by atoms with E-state index in [1.54, 1.807) is 24.3 Å². The van der Waals surface area contributed by atoms with E-state index in [9.17, 15) is 4.79 Å². The largest absolute Gasteiger partial charge is 0.486 e. The lowest BCUT2D eigenvalue weighted by Gasteiger charge is -2.13. The van der Waals surface area contributed by atoms with Gasteiger partial charge in [0.15, 0.2) is 11.2 Å². The van der Waals surface area contributed by atoms with Crippen LogP contribution in [0.2, 0.25) is 10.0 Å². The Hall–Kier alpha value is -2.08. The molecule has 0 aliphatic carbocycles. The van der Waals surface area contributed by atoms with Gasteiger partial charge in [-0.2, -0.15) is 0 Å². The molecule has 0 spiro atoms. The minimum atomic E-state index is -0.243. The van der Waals surface area contributed by atoms with Gasteiger partial charge in [0.25, 0.3) is 5.91 Å². The highest BCUT2D eigenvalue weighted by atomic mass is 35.5. The molecule has 28 heavy (non-hydrogen) atoms. The zero-order valence-electron chi connectivity index (χ0n) is 15.3. The molecule has 3 rings (SSSR count). The number of carbonyl (C=O) groups is 1. The number of hydrogen-bond acceptors (Lipinski definition) is 4. The van der Waals surface area contributed by atoms with Crippen LogP contribution < -0.4 is 15.4 Å². The monoisotopic (exact) mass is 434 g/mol. The van der Waals surface area contributed by atoms with E-state index in [-0.39, 0.29) is 11.4 Å². The summed E-state index contributed by atoms with van der Waals surface area (Å²) in [7, 11) is 0. The normalized spacial score (nSPS) is 17.5. The third kappa shape index (κ3) is 5.04. The molecule has 1 aliphatic heterocycles. The molecule has 0 bridgehead atoms. The van der Waals surface area contributed by atoms with Crippen molar-refractivity contribution >= 4 is 52.6 Å². The van der Waals surface area contributed by atoms with Crippen molar-refractivity contribution in [3.05, 3.63) is 75.1 Å². The zero-order valence-corrected chi connectivity index (χ0v) is 17.6. The predicted octanol–water partition coefficient (Wildman–Crippen LogP) is 5.72. The van der Waals surface area contributed by atoms with Gasteiger partial charge in [0.2, 0.25) is 0 Å². The molecule has 1 aliphatic rings. The minimum absolute atomic E-state index is 0.146. The number of anilines is 1. The molecule has 1 amide bonds. The smallest absolute Gasteiger partial charge is 0.260 e. The summed E-state index contributed by atoms with van der Waals surface area (Å²) in [6, 6.07) is 11.6. The molecule has 1 heterocycles. The van der Waals surface area contributed by atoms with Gasteiger partial charge in [-0.15, -0.1) is 0 Å². The van der Waals surface area contributed by atoms with E-state index < -0.39 is 0 Å². The van der Waals surface area contributed by atoms with Crippen LogP contribution in [0.3, 0.4) is 0 Å². The summed E-state index contributed by atoms with van der Waals surface area (Å²) in [5.74, 6) is 0.260. The van der Waals surface area contributed by atoms with E-state index in [4.69, 9.17) is 27.9 Å². The second-order valence-electron chi connectivity index (χ2n) is 6.09. The maximum atomic E-state index is 12.3. The molecule has 146 valence electrons. The van der Waals surface area contributed by atoms with E-state index in [1.165, 1.54) is 17.3 Å². The molecule has 1 fully saturated rings. The van der Waals surface area contributed by atoms with Crippen molar-refractivity contribution in [1.29, 1.82) is 0 Å². The summed E-state index contributed by atoms with van der Waals surface area (Å²) >= 11 is 13.9. The first kappa shape index (κ1) is 20.6. The summed E-state index contributed by atoms with van der Waals surface area (Å²) in [5.41, 5.74) is 2.70. The molecule has 4 nitrogen and oxygen atoms in total. The minimum Gasteiger partial charge on any atom is -0.486 e. The lowest BCUT2D eigenvalue weighted by molar-refractivity contribution is -0.116. The predicted molar refractivity (Wildman–Crippen MR) is 119 cm³/mol. The maximum Gasteiger partial charge on any atom is 0.260 e. The molecule has 2 N–H and O–H groups in total. The molecule has 0 unspecified atom stereocenters. The molecule has 1 saturated heterocycles. The van der Waals surface area contributed by atoms with Crippen molar-refractivity contribution in [1.82, 2.24) is 5.32 Å². The average Bonchev–Trinajstić information content (AvgIpc) is 3.00. The van der Waals surface area contributed by atoms with Crippen molar-refractivity contribution in [3.63, 3.8) is 0 Å². The van der Waals surface area contributed by atoms with Crippen molar-refractivity contribution in [2.45, 2.75) is 18.8 Å². The van der Waals surface area contributed by atoms with Gasteiger partial charge in [0.05, 0.1) is 15.0 Å². The Morgan fingerprint density at radius 1 is 1.25 bits per heavy atom. The number of aryl methyl sites for hydroxylation is 1. The Balaban J connectivity index is 1.72. The van der Waals surface area contributed by atoms with Crippen LogP contribution >= 0.6 is 35.0 Å². The summed E-state index contributed by atoms with van der Waals surface area (Å²) in [6.07, 6.45) is 4.37. The van der Waals surface area contributed by atoms with Gasteiger partial charge in [-0.1, -0.05) is 66.7 Å². The van der Waals surface area contributed by atoms with Gasteiger partial charge < -0.3 is 15.4 Å². The number of nitrogens with one attached hydrogen (secondary N) is 2. The van der Waals surface area contributed by atoms with Gasteiger partial charge in [-0.05, 0) is 47.9 Å². The topological polar surface area (TPSA) is 50.4 Å². The van der Waals surface area contributed by atoms with Crippen LogP contribution in [0.25, 0.3) is 6.08 Å². The highest BCUT2D eigenvalue weighted by molar-refractivity contribution is 8.05. The number of ether oxygens (including phenoxy) is 1. The van der Waals surface area contributed by atoms with Crippen LogP contribution in [0, 0.1) is 0 Å². The van der Waals surface area contributed by atoms with Crippen LogP contribution in [0.5, 0.6) is 5.75 Å². The first-order valence-corrected chi connectivity index (χ1v) is 10.4. The summed E-state index contributed by atoms with van der Waals surface area (Å²) in [6.45, 7) is 6.03. The summed E-state index contributed by atoms with van der Waals surface area (Å²) in [5, 5.41) is 6.98. The molecule has 0 saturated carbocycles. The van der Waals surface area contributed by atoms with Crippen LogP contribution in [-0.4, -0.2) is 18.0 Å². The first-order valence-electron chi connectivity index (χ1n) is 8.77. The van der Waals surface area contributed by atoms with Gasteiger partial charge in [0, 0.05) is 5.69 Å². The number of thioether (sulfide) groups is 1. The highest BCUT2D eigenvalue weighted by Gasteiger charge is 2.27. The van der Waals surface area contributed by atoms with Gasteiger partial charge in [-0.25, -0.2) is 0 Å². The Labute approximate surface area is 178 Å². The van der Waals surface area contributed by atoms with E-state index >= 15 is 0 Å². The zero-order chi connectivity index (χ0) is 20.1. The average molecular weight is 435 g/mol. The van der Waals surface area contributed by atoms with Crippen LogP contribution in [-0.2, 0) is 11.2 Å². The van der Waals surface area contributed by atoms with Crippen molar-refractivity contribution in [2.75, 3.05) is 11.9 Å². The Bertz CT molecular complexity index is 890. The molecule has 7 heteroatoms. The Morgan fingerprint density at radius 2 is 1.93 bits per heavy atom. The first-order chi connectivity index (χ1) is 13.5. The molecule has 1 atom stereocenters. The van der Waals surface area contributed by atoms with Crippen LogP contribution in [0.1, 0.15) is 18.1 Å². The number of benzene rings is 2. The van der Waals surface area contributed by atoms with Crippen molar-refractivity contribution in [2.24, 2.45) is 0 Å². The lowest BCUT2D eigenvalue weighted by Crippen LogP contribution is -2.30. The summed E-state index contributed by atoms with van der Waals surface area (Å²) < 4.78 is 5.47. The van der Waals surface area contributed by atoms with Crippen LogP contribution in [0.15, 0.2) is 54.0 Å². The Morgan fingerprint density at radius 3 is 2.54 bits per heavy atom. The fourth-order valence-corrected chi connectivity index (χ4v) is 4.25. The second kappa shape index (κ2) is 9.41. The van der Waals surface area contributed by atoms with E-state index in [1.807, 2.05) is 12.1 Å². The number of rotatable bonds is 7. The van der Waals surface area contributed by atoms with Crippen LogP contribution in [0.4, 0.5) is 5.69 Å². The fraction of sp³-hybridized carbons (Fsp3) is 0.190. The van der Waals surface area contributed by atoms with E-state index in [0.717, 1.165) is 17.7 Å². The number of halogens is 2. The van der Waals surface area contributed by atoms with E-state index in [2.05, 4.69) is 36.3 Å². The molecular weight excluding hydrogens is 415 g/mol. The molecule has 2 aromatic rings. The molecule has 2 aromatic carbocycles. The quantitative estimate of drug-likeness (QED) is 0.432. The number of amides is 1. The second-order valence-corrected chi connectivity index (χ2v) is 8.05. The third-order valence-corrected chi connectivity index (χ3v) is 5.64. The van der Waals surface area contributed by atoms with Crippen molar-refractivity contribution < 1.29 is 9.53 Å². The highest BCUT2D eigenvalue weighted by Crippen LogP contribution is 2.36. The maximum absolute atomic E-state index is 12.3. The fourth-order valence-electron chi connectivity index (χ4n) is 2.65. The van der Waals surface area contributed by atoms with Crippen molar-refractivity contribution in [3.8, 4) is 5.75 Å². The SMILES string of the molecule is C=CCOc1c(Cl)cc(/C=C2\S[C@H](Nc3ccc(CC)cc3)NC2=O)cc1Cl. The van der Waals surface area contributed by atoms with Gasteiger partial charge >= 0.3 is 0 Å².